The second-order valence-electron chi connectivity index (χ2n) is 8.85. The van der Waals surface area contributed by atoms with Gasteiger partial charge in [-0.05, 0) is 57.9 Å². The SMILES string of the molecule is Cc1ccc(NC(=O)C[NH+]2CCC[NH+](CC(=O)NC(C)(C)C)CC2)cc1C. The van der Waals surface area contributed by atoms with Gasteiger partial charge in [0.15, 0.2) is 13.1 Å². The Labute approximate surface area is 163 Å². The fourth-order valence-electron chi connectivity index (χ4n) is 3.49. The van der Waals surface area contributed by atoms with Crippen LogP contribution in [0.25, 0.3) is 0 Å². The first-order chi connectivity index (χ1) is 12.6. The van der Waals surface area contributed by atoms with Gasteiger partial charge in [-0.3, -0.25) is 9.59 Å². The van der Waals surface area contributed by atoms with E-state index in [4.69, 9.17) is 0 Å². The van der Waals surface area contributed by atoms with E-state index in [1.54, 1.807) is 0 Å². The van der Waals surface area contributed by atoms with Crippen molar-refractivity contribution in [1.82, 2.24) is 5.32 Å². The molecule has 1 aromatic carbocycles. The molecule has 1 fully saturated rings. The molecule has 6 heteroatoms. The summed E-state index contributed by atoms with van der Waals surface area (Å²) in [4.78, 5) is 27.2. The highest BCUT2D eigenvalue weighted by Gasteiger charge is 2.25. The number of carbonyl (C=O) groups excluding carboxylic acids is 2. The quantitative estimate of drug-likeness (QED) is 0.551. The van der Waals surface area contributed by atoms with Gasteiger partial charge in [0.25, 0.3) is 11.8 Å². The van der Waals surface area contributed by atoms with E-state index in [-0.39, 0.29) is 17.4 Å². The van der Waals surface area contributed by atoms with E-state index in [0.717, 1.165) is 38.3 Å². The minimum absolute atomic E-state index is 0.0576. The molecule has 6 nitrogen and oxygen atoms in total. The Bertz CT molecular complexity index is 667. The number of amides is 2. The molecule has 27 heavy (non-hydrogen) atoms. The molecule has 1 saturated heterocycles. The molecular weight excluding hydrogens is 340 g/mol. The summed E-state index contributed by atoms with van der Waals surface area (Å²) in [5, 5.41) is 6.05. The lowest BCUT2D eigenvalue weighted by Crippen LogP contribution is -3.18. The molecule has 150 valence electrons. The summed E-state index contributed by atoms with van der Waals surface area (Å²) in [5.74, 6) is 0.163. The molecule has 1 aliphatic rings. The lowest BCUT2D eigenvalue weighted by Gasteiger charge is -2.22. The molecular formula is C21H36N4O2+2. The summed E-state index contributed by atoms with van der Waals surface area (Å²) < 4.78 is 0. The van der Waals surface area contributed by atoms with Crippen LogP contribution in [0.5, 0.6) is 0 Å². The third kappa shape index (κ3) is 7.69. The fraction of sp³-hybridized carbons (Fsp3) is 0.619. The van der Waals surface area contributed by atoms with Crippen LogP contribution in [-0.2, 0) is 9.59 Å². The summed E-state index contributed by atoms with van der Waals surface area (Å²) in [7, 11) is 0. The lowest BCUT2D eigenvalue weighted by atomic mass is 10.1. The molecule has 1 aromatic rings. The number of aryl methyl sites for hydroxylation is 2. The normalized spacial score (nSPS) is 20.6. The third-order valence-electron chi connectivity index (χ3n) is 5.02. The zero-order valence-corrected chi connectivity index (χ0v) is 17.5. The first-order valence-electron chi connectivity index (χ1n) is 9.97. The lowest BCUT2D eigenvalue weighted by molar-refractivity contribution is -0.930. The van der Waals surface area contributed by atoms with Crippen molar-refractivity contribution >= 4 is 17.5 Å². The van der Waals surface area contributed by atoms with Crippen LogP contribution in [0.15, 0.2) is 18.2 Å². The molecule has 0 bridgehead atoms. The van der Waals surface area contributed by atoms with Crippen molar-refractivity contribution in [3.63, 3.8) is 0 Å². The van der Waals surface area contributed by atoms with Gasteiger partial charge in [0, 0.05) is 17.6 Å². The molecule has 4 N–H and O–H groups in total. The average Bonchev–Trinajstić information content (AvgIpc) is 2.74. The van der Waals surface area contributed by atoms with Crippen LogP contribution in [0.3, 0.4) is 0 Å². The second-order valence-corrected chi connectivity index (χ2v) is 8.85. The van der Waals surface area contributed by atoms with Gasteiger partial charge in [-0.2, -0.15) is 0 Å². The smallest absolute Gasteiger partial charge is 0.279 e. The Morgan fingerprint density at radius 2 is 1.52 bits per heavy atom. The maximum atomic E-state index is 12.4. The Morgan fingerprint density at radius 1 is 0.926 bits per heavy atom. The number of hydrogen-bond acceptors (Lipinski definition) is 2. The highest BCUT2D eigenvalue weighted by Crippen LogP contribution is 2.13. The number of nitrogens with one attached hydrogen (secondary N) is 4. The molecule has 2 unspecified atom stereocenters. The van der Waals surface area contributed by atoms with E-state index in [1.165, 1.54) is 20.9 Å². The highest BCUT2D eigenvalue weighted by atomic mass is 16.2. The van der Waals surface area contributed by atoms with Gasteiger partial charge in [0.1, 0.15) is 13.1 Å². The largest absolute Gasteiger partial charge is 0.347 e. The van der Waals surface area contributed by atoms with Crippen LogP contribution in [0.2, 0.25) is 0 Å². The third-order valence-corrected chi connectivity index (χ3v) is 5.02. The predicted octanol–water partition coefficient (Wildman–Crippen LogP) is -0.670. The Morgan fingerprint density at radius 3 is 2.07 bits per heavy atom. The fourth-order valence-corrected chi connectivity index (χ4v) is 3.49. The van der Waals surface area contributed by atoms with Gasteiger partial charge in [-0.1, -0.05) is 6.07 Å². The topological polar surface area (TPSA) is 67.1 Å². The zero-order valence-electron chi connectivity index (χ0n) is 17.5. The van der Waals surface area contributed by atoms with Gasteiger partial charge in [0.2, 0.25) is 0 Å². The minimum atomic E-state index is -0.188. The van der Waals surface area contributed by atoms with E-state index >= 15 is 0 Å². The standard InChI is InChI=1S/C21H34N4O2/c1-16-7-8-18(13-17(16)2)22-19(26)14-24-9-6-10-25(12-11-24)15-20(27)23-21(3,4)5/h7-8,13H,6,9-12,14-15H2,1-5H3,(H,22,26)(H,23,27)/p+2. The van der Waals surface area contributed by atoms with Crippen LogP contribution in [0, 0.1) is 13.8 Å². The Kier molecular flexibility index (Phi) is 7.39. The first-order valence-corrected chi connectivity index (χ1v) is 9.97. The first kappa shape index (κ1) is 21.4. The van der Waals surface area contributed by atoms with Crippen LogP contribution < -0.4 is 20.4 Å². The molecule has 0 aliphatic carbocycles. The molecule has 1 heterocycles. The van der Waals surface area contributed by atoms with Crippen LogP contribution in [0.1, 0.15) is 38.3 Å². The van der Waals surface area contributed by atoms with E-state index in [0.29, 0.717) is 13.1 Å². The maximum absolute atomic E-state index is 12.4. The maximum Gasteiger partial charge on any atom is 0.279 e. The number of hydrogen-bond donors (Lipinski definition) is 4. The molecule has 2 rings (SSSR count). The molecule has 0 spiro atoms. The molecule has 2 amide bonds. The zero-order chi connectivity index (χ0) is 20.0. The van der Waals surface area contributed by atoms with Crippen LogP contribution in [-0.4, -0.2) is 56.6 Å². The van der Waals surface area contributed by atoms with E-state index in [2.05, 4.69) is 24.5 Å². The summed E-state index contributed by atoms with van der Waals surface area (Å²) >= 11 is 0. The number of benzene rings is 1. The van der Waals surface area contributed by atoms with Crippen molar-refractivity contribution < 1.29 is 19.4 Å². The van der Waals surface area contributed by atoms with Gasteiger partial charge < -0.3 is 20.4 Å². The summed E-state index contributed by atoms with van der Waals surface area (Å²) in [6.07, 6.45) is 1.03. The Hall–Kier alpha value is -1.92. The number of carbonyl (C=O) groups is 2. The van der Waals surface area contributed by atoms with Crippen molar-refractivity contribution in [3.05, 3.63) is 29.3 Å². The van der Waals surface area contributed by atoms with E-state index in [1.807, 2.05) is 39.0 Å². The van der Waals surface area contributed by atoms with Crippen molar-refractivity contribution in [2.75, 3.05) is 44.6 Å². The predicted molar refractivity (Wildman–Crippen MR) is 108 cm³/mol. The van der Waals surface area contributed by atoms with Crippen LogP contribution in [0.4, 0.5) is 5.69 Å². The number of quaternary nitrogens is 2. The summed E-state index contributed by atoms with van der Waals surface area (Å²) in [6.45, 7) is 14.9. The number of anilines is 1. The van der Waals surface area contributed by atoms with Crippen LogP contribution >= 0.6 is 0 Å². The van der Waals surface area contributed by atoms with Crippen molar-refractivity contribution in [3.8, 4) is 0 Å². The van der Waals surface area contributed by atoms with Crippen molar-refractivity contribution in [2.24, 2.45) is 0 Å². The summed E-state index contributed by atoms with van der Waals surface area (Å²) in [5.41, 5.74) is 3.09. The Balaban J connectivity index is 1.79. The number of rotatable bonds is 5. The van der Waals surface area contributed by atoms with Gasteiger partial charge in [0.05, 0.1) is 13.1 Å². The average molecular weight is 377 g/mol. The van der Waals surface area contributed by atoms with Crippen molar-refractivity contribution in [2.45, 2.75) is 46.6 Å². The molecule has 2 atom stereocenters. The van der Waals surface area contributed by atoms with Gasteiger partial charge >= 0.3 is 0 Å². The molecule has 0 aromatic heterocycles. The minimum Gasteiger partial charge on any atom is -0.347 e. The van der Waals surface area contributed by atoms with E-state index in [9.17, 15) is 9.59 Å². The molecule has 0 saturated carbocycles. The molecule has 0 radical (unpaired) electrons. The molecule has 1 aliphatic heterocycles. The van der Waals surface area contributed by atoms with Crippen molar-refractivity contribution in [1.29, 1.82) is 0 Å². The van der Waals surface area contributed by atoms with E-state index < -0.39 is 0 Å². The summed E-state index contributed by atoms with van der Waals surface area (Å²) in [6, 6.07) is 6.01. The second kappa shape index (κ2) is 9.33. The van der Waals surface area contributed by atoms with Gasteiger partial charge in [-0.15, -0.1) is 0 Å². The van der Waals surface area contributed by atoms with Gasteiger partial charge in [-0.25, -0.2) is 0 Å². The monoisotopic (exact) mass is 376 g/mol. The highest BCUT2D eigenvalue weighted by molar-refractivity contribution is 5.91.